The Kier molecular flexibility index (Phi) is 7.89. The highest BCUT2D eigenvalue weighted by Gasteiger charge is 2.69. The highest BCUT2D eigenvalue weighted by Crippen LogP contribution is 2.63. The van der Waals surface area contributed by atoms with Crippen LogP contribution in [0.5, 0.6) is 0 Å². The highest BCUT2D eigenvalue weighted by molar-refractivity contribution is 14.1. The van der Waals surface area contributed by atoms with Crippen LogP contribution in [0.2, 0.25) is 0 Å². The van der Waals surface area contributed by atoms with Crippen LogP contribution in [0.15, 0.2) is 12.1 Å². The molecular weight excluding hydrogens is 872 g/mol. The molecule has 0 saturated heterocycles. The van der Waals surface area contributed by atoms with Crippen molar-refractivity contribution in [2.24, 2.45) is 17.3 Å². The third-order valence-corrected chi connectivity index (χ3v) is 11.7. The van der Waals surface area contributed by atoms with Gasteiger partial charge >= 0.3 is 33.5 Å². The SMILES string of the molecule is O=C(OC12CC3CC(C1)CC(C(=O)OC(C(F)(F)F)C(F)(F)S(=O)(=O)O)(C3)C2)c1cc(I)cc(I)c1I. The van der Waals surface area contributed by atoms with E-state index in [9.17, 15) is 40.0 Å². The quantitative estimate of drug-likeness (QED) is 0.124. The fourth-order valence-electron chi connectivity index (χ4n) is 6.19. The number of carbonyl (C=O) groups is 2. The number of alkyl halides is 5. The summed E-state index contributed by atoms with van der Waals surface area (Å²) < 4.78 is 111. The van der Waals surface area contributed by atoms with Crippen LogP contribution in [0.25, 0.3) is 0 Å². The molecule has 0 aliphatic heterocycles. The Morgan fingerprint density at radius 2 is 1.59 bits per heavy atom. The van der Waals surface area contributed by atoms with E-state index in [-0.39, 0.29) is 36.7 Å². The zero-order chi connectivity index (χ0) is 27.8. The van der Waals surface area contributed by atoms with Crippen molar-refractivity contribution in [3.05, 3.63) is 28.4 Å². The molecule has 3 unspecified atom stereocenters. The minimum atomic E-state index is -6.56. The Hall–Kier alpha value is -0.0900. The van der Waals surface area contributed by atoms with Crippen molar-refractivity contribution < 1.29 is 54.0 Å². The molecule has 16 heteroatoms. The predicted molar refractivity (Wildman–Crippen MR) is 142 cm³/mol. The summed E-state index contributed by atoms with van der Waals surface area (Å²) in [6.45, 7) is 0. The average Bonchev–Trinajstić information content (AvgIpc) is 2.71. The van der Waals surface area contributed by atoms with Crippen LogP contribution in [0.4, 0.5) is 22.0 Å². The fraction of sp³-hybridized carbons (Fsp3) is 0.619. The summed E-state index contributed by atoms with van der Waals surface area (Å²) >= 11 is 6.09. The average molecular weight is 890 g/mol. The molecule has 0 amide bonds. The van der Waals surface area contributed by atoms with Crippen LogP contribution in [-0.2, 0) is 24.4 Å². The first kappa shape index (κ1) is 29.9. The van der Waals surface area contributed by atoms with Gasteiger partial charge in [-0.25, -0.2) is 4.79 Å². The Morgan fingerprint density at radius 3 is 2.11 bits per heavy atom. The normalized spacial score (nSPS) is 30.2. The molecule has 4 fully saturated rings. The van der Waals surface area contributed by atoms with Crippen LogP contribution in [0.1, 0.15) is 48.9 Å². The summed E-state index contributed by atoms with van der Waals surface area (Å²) in [6.07, 6.45) is -9.24. The number of hydrogen-bond acceptors (Lipinski definition) is 6. The Labute approximate surface area is 249 Å². The molecule has 4 aliphatic carbocycles. The molecule has 1 aromatic rings. The molecule has 206 valence electrons. The highest BCUT2D eigenvalue weighted by atomic mass is 127. The van der Waals surface area contributed by atoms with E-state index < -0.39 is 50.6 Å². The van der Waals surface area contributed by atoms with Gasteiger partial charge in [0.15, 0.2) is 0 Å². The maximum atomic E-state index is 14.1. The first-order valence-corrected chi connectivity index (χ1v) is 15.5. The monoisotopic (exact) mass is 890 g/mol. The van der Waals surface area contributed by atoms with E-state index >= 15 is 0 Å². The van der Waals surface area contributed by atoms with Crippen molar-refractivity contribution >= 4 is 89.8 Å². The Morgan fingerprint density at radius 1 is 1.03 bits per heavy atom. The first-order valence-electron chi connectivity index (χ1n) is 10.8. The number of halogens is 8. The van der Waals surface area contributed by atoms with Gasteiger partial charge in [-0.05, 0) is 124 Å². The molecule has 7 nitrogen and oxygen atoms in total. The van der Waals surface area contributed by atoms with E-state index in [0.717, 1.165) is 7.14 Å². The van der Waals surface area contributed by atoms with Crippen molar-refractivity contribution in [2.45, 2.75) is 61.7 Å². The maximum Gasteiger partial charge on any atom is 0.432 e. The van der Waals surface area contributed by atoms with E-state index in [1.807, 2.05) is 51.2 Å². The molecular formula is C21H18F5I3O7S. The van der Waals surface area contributed by atoms with Gasteiger partial charge in [0.2, 0.25) is 0 Å². The molecule has 0 radical (unpaired) electrons. The largest absolute Gasteiger partial charge is 0.455 e. The van der Waals surface area contributed by atoms with Crippen molar-refractivity contribution in [3.63, 3.8) is 0 Å². The van der Waals surface area contributed by atoms with Crippen molar-refractivity contribution in [1.29, 1.82) is 0 Å². The van der Waals surface area contributed by atoms with Crippen molar-refractivity contribution in [3.8, 4) is 0 Å². The molecule has 4 aliphatic rings. The van der Waals surface area contributed by atoms with E-state index in [1.54, 1.807) is 6.07 Å². The second kappa shape index (κ2) is 9.78. The standard InChI is InChI=1S/C21H18F5I3O7S/c22-20(23,24)16(21(25,26)37(32,33)34)35-17(31)18-4-9-1-10(5-18)7-19(6-9,8-18)36-15(30)12-2-11(27)3-13(28)14(12)29/h2-3,9-10,16H,1,4-8H2,(H,32,33,34). The Bertz CT molecular complexity index is 1240. The lowest BCUT2D eigenvalue weighted by Gasteiger charge is -2.59. The Balaban J connectivity index is 1.63. The van der Waals surface area contributed by atoms with Gasteiger partial charge in [0.25, 0.3) is 6.10 Å². The van der Waals surface area contributed by atoms with Gasteiger partial charge in [0, 0.05) is 17.1 Å². The zero-order valence-corrected chi connectivity index (χ0v) is 25.7. The maximum absolute atomic E-state index is 14.1. The van der Waals surface area contributed by atoms with Gasteiger partial charge in [-0.1, -0.05) is 0 Å². The van der Waals surface area contributed by atoms with Gasteiger partial charge in [-0.15, -0.1) is 0 Å². The topological polar surface area (TPSA) is 107 Å². The van der Waals surface area contributed by atoms with Gasteiger partial charge < -0.3 is 9.47 Å². The van der Waals surface area contributed by atoms with Gasteiger partial charge in [0.1, 0.15) is 5.60 Å². The molecule has 0 spiro atoms. The zero-order valence-electron chi connectivity index (χ0n) is 18.5. The van der Waals surface area contributed by atoms with Crippen molar-refractivity contribution in [2.75, 3.05) is 0 Å². The first-order chi connectivity index (χ1) is 16.8. The molecule has 4 saturated carbocycles. The molecule has 1 aromatic carbocycles. The van der Waals surface area contributed by atoms with Crippen LogP contribution in [-0.4, -0.2) is 48.0 Å². The lowest BCUT2D eigenvalue weighted by atomic mass is 9.48. The number of rotatable bonds is 6. The summed E-state index contributed by atoms with van der Waals surface area (Å²) in [5.41, 5.74) is -2.60. The van der Waals surface area contributed by atoms with Crippen molar-refractivity contribution in [1.82, 2.24) is 0 Å². The molecule has 4 bridgehead atoms. The van der Waals surface area contributed by atoms with Crippen LogP contribution in [0.3, 0.4) is 0 Å². The summed E-state index contributed by atoms with van der Waals surface area (Å²) in [5, 5.41) is -5.81. The van der Waals surface area contributed by atoms with Crippen LogP contribution < -0.4 is 0 Å². The molecule has 37 heavy (non-hydrogen) atoms. The fourth-order valence-corrected chi connectivity index (χ4v) is 9.01. The van der Waals surface area contributed by atoms with Crippen LogP contribution in [0, 0.1) is 28.0 Å². The summed E-state index contributed by atoms with van der Waals surface area (Å²) in [4.78, 5) is 26.3. The minimum Gasteiger partial charge on any atom is -0.455 e. The summed E-state index contributed by atoms with van der Waals surface area (Å²) in [6, 6.07) is 3.48. The third kappa shape index (κ3) is 5.59. The lowest BCUT2D eigenvalue weighted by Crippen LogP contribution is -2.61. The molecule has 1 N–H and O–H groups in total. The minimum absolute atomic E-state index is 0.0301. The van der Waals surface area contributed by atoms with E-state index in [1.165, 1.54) is 0 Å². The smallest absolute Gasteiger partial charge is 0.432 e. The molecule has 0 heterocycles. The molecule has 3 atom stereocenters. The predicted octanol–water partition coefficient (Wildman–Crippen LogP) is 5.95. The second-order valence-corrected chi connectivity index (χ2v) is 14.9. The van der Waals surface area contributed by atoms with Crippen LogP contribution >= 0.6 is 67.8 Å². The number of ether oxygens (including phenoxy) is 2. The van der Waals surface area contributed by atoms with E-state index in [4.69, 9.17) is 9.29 Å². The summed E-state index contributed by atoms with van der Waals surface area (Å²) in [7, 11) is -6.56. The van der Waals surface area contributed by atoms with Gasteiger partial charge in [0.05, 0.1) is 11.0 Å². The summed E-state index contributed by atoms with van der Waals surface area (Å²) in [5.74, 6) is -2.78. The number of esters is 2. The number of benzene rings is 1. The van der Waals surface area contributed by atoms with Gasteiger partial charge in [-0.3, -0.25) is 9.35 Å². The van der Waals surface area contributed by atoms with Gasteiger partial charge in [-0.2, -0.15) is 30.4 Å². The third-order valence-electron chi connectivity index (χ3n) is 7.13. The molecule has 5 rings (SSSR count). The number of hydrogen-bond donors (Lipinski definition) is 1. The lowest BCUT2D eigenvalue weighted by molar-refractivity contribution is -0.269. The van der Waals surface area contributed by atoms with E-state index in [0.29, 0.717) is 22.8 Å². The van der Waals surface area contributed by atoms with E-state index in [2.05, 4.69) is 27.3 Å². The second-order valence-electron chi connectivity index (χ2n) is 9.93. The molecule has 0 aromatic heterocycles. The number of carbonyl (C=O) groups excluding carboxylic acids is 2.